The number of nitrogens with zero attached hydrogens (tertiary/aromatic N) is 1. The molecule has 0 amide bonds. The zero-order chi connectivity index (χ0) is 14.3. The van der Waals surface area contributed by atoms with E-state index in [1.54, 1.807) is 0 Å². The van der Waals surface area contributed by atoms with Crippen LogP contribution in [0, 0.1) is 5.41 Å². The third-order valence-electron chi connectivity index (χ3n) is 3.25. The van der Waals surface area contributed by atoms with Crippen LogP contribution in [0.1, 0.15) is 31.9 Å². The molecule has 0 saturated carbocycles. The summed E-state index contributed by atoms with van der Waals surface area (Å²) >= 11 is 0. The average Bonchev–Trinajstić information content (AvgIpc) is 2.43. The van der Waals surface area contributed by atoms with E-state index in [9.17, 15) is 5.11 Å². The number of amidine groups is 1. The highest BCUT2D eigenvalue weighted by Crippen LogP contribution is 2.19. The van der Waals surface area contributed by atoms with Crippen molar-refractivity contribution in [1.29, 1.82) is 0 Å². The molecule has 0 fully saturated rings. The summed E-state index contributed by atoms with van der Waals surface area (Å²) in [4.78, 5) is 0. The fraction of sp³-hybridized carbons (Fsp3) is 0.500. The summed E-state index contributed by atoms with van der Waals surface area (Å²) in [6, 6.07) is 9.52. The van der Waals surface area contributed by atoms with Gasteiger partial charge in [-0.25, -0.2) is 0 Å². The molecule has 1 aromatic rings. The summed E-state index contributed by atoms with van der Waals surface area (Å²) in [5.74, 6) is 0.220. The predicted molar refractivity (Wildman–Crippen MR) is 76.1 cm³/mol. The summed E-state index contributed by atoms with van der Waals surface area (Å²) in [5, 5.41) is 24.8. The normalized spacial score (nSPS) is 14.4. The molecule has 106 valence electrons. The molecule has 0 heterocycles. The van der Waals surface area contributed by atoms with Crippen molar-refractivity contribution in [3.8, 4) is 0 Å². The number of nitrogens with one attached hydrogen (secondary N) is 1. The van der Waals surface area contributed by atoms with Crippen molar-refractivity contribution in [2.75, 3.05) is 13.1 Å². The smallest absolute Gasteiger partial charge is 0.144 e. The zero-order valence-electron chi connectivity index (χ0n) is 11.5. The molecule has 0 aliphatic rings. The third-order valence-corrected chi connectivity index (χ3v) is 3.25. The van der Waals surface area contributed by atoms with E-state index in [1.807, 2.05) is 44.2 Å². The first-order valence-corrected chi connectivity index (χ1v) is 6.39. The Bertz CT molecular complexity index is 404. The van der Waals surface area contributed by atoms with Crippen molar-refractivity contribution in [1.82, 2.24) is 5.32 Å². The van der Waals surface area contributed by atoms with Gasteiger partial charge < -0.3 is 21.4 Å². The lowest BCUT2D eigenvalue weighted by atomic mass is 9.88. The lowest BCUT2D eigenvalue weighted by Crippen LogP contribution is -2.35. The van der Waals surface area contributed by atoms with Gasteiger partial charge in [-0.1, -0.05) is 49.3 Å². The molecule has 0 spiro atoms. The maximum absolute atomic E-state index is 9.95. The van der Waals surface area contributed by atoms with Gasteiger partial charge in [0.2, 0.25) is 0 Å². The first kappa shape index (κ1) is 15.5. The zero-order valence-corrected chi connectivity index (χ0v) is 11.5. The number of rotatable bonds is 7. The monoisotopic (exact) mass is 265 g/mol. The van der Waals surface area contributed by atoms with Gasteiger partial charge in [-0.15, -0.1) is 0 Å². The minimum absolute atomic E-state index is 0.220. The number of oxime groups is 1. The second-order valence-corrected chi connectivity index (χ2v) is 5.25. The van der Waals surface area contributed by atoms with Gasteiger partial charge in [0.05, 0.1) is 6.10 Å². The van der Waals surface area contributed by atoms with Crippen LogP contribution >= 0.6 is 0 Å². The molecule has 1 rings (SSSR count). The maximum Gasteiger partial charge on any atom is 0.144 e. The van der Waals surface area contributed by atoms with Crippen molar-refractivity contribution < 1.29 is 10.3 Å². The van der Waals surface area contributed by atoms with Crippen molar-refractivity contribution in [2.45, 2.75) is 26.4 Å². The van der Waals surface area contributed by atoms with E-state index >= 15 is 0 Å². The van der Waals surface area contributed by atoms with E-state index < -0.39 is 6.10 Å². The Labute approximate surface area is 114 Å². The number of aliphatic hydroxyl groups is 1. The lowest BCUT2D eigenvalue weighted by molar-refractivity contribution is 0.173. The quantitative estimate of drug-likeness (QED) is 0.197. The highest BCUT2D eigenvalue weighted by atomic mass is 16.4. The summed E-state index contributed by atoms with van der Waals surface area (Å²) in [6.07, 6.45) is 0.206. The fourth-order valence-electron chi connectivity index (χ4n) is 1.70. The number of benzene rings is 1. The Balaban J connectivity index is 2.32. The first-order chi connectivity index (χ1) is 8.97. The fourth-order valence-corrected chi connectivity index (χ4v) is 1.70. The molecule has 1 unspecified atom stereocenters. The van der Waals surface area contributed by atoms with Crippen LogP contribution < -0.4 is 11.1 Å². The van der Waals surface area contributed by atoms with Gasteiger partial charge in [0.15, 0.2) is 0 Å². The molecular formula is C14H23N3O2. The van der Waals surface area contributed by atoms with E-state index in [-0.39, 0.29) is 11.3 Å². The van der Waals surface area contributed by atoms with E-state index in [4.69, 9.17) is 10.9 Å². The van der Waals surface area contributed by atoms with E-state index in [0.717, 1.165) is 12.0 Å². The van der Waals surface area contributed by atoms with Crippen LogP contribution in [-0.4, -0.2) is 29.2 Å². The molecule has 5 heteroatoms. The Hall–Kier alpha value is -1.59. The van der Waals surface area contributed by atoms with Gasteiger partial charge >= 0.3 is 0 Å². The van der Waals surface area contributed by atoms with Crippen LogP contribution in [0.15, 0.2) is 35.5 Å². The predicted octanol–water partition coefficient (Wildman–Crippen LogP) is 1.47. The molecule has 0 radical (unpaired) electrons. The van der Waals surface area contributed by atoms with Crippen molar-refractivity contribution in [2.24, 2.45) is 16.3 Å². The number of nitrogens with two attached hydrogens (primary N) is 1. The van der Waals surface area contributed by atoms with Crippen LogP contribution in [0.4, 0.5) is 0 Å². The second kappa shape index (κ2) is 7.11. The first-order valence-electron chi connectivity index (χ1n) is 6.39. The minimum Gasteiger partial charge on any atom is -0.409 e. The van der Waals surface area contributed by atoms with Gasteiger partial charge in [0.1, 0.15) is 5.84 Å². The van der Waals surface area contributed by atoms with Crippen molar-refractivity contribution in [3.63, 3.8) is 0 Å². The SMILES string of the molecule is CC(C)(CCNCC(O)c1ccccc1)C(N)=NO. The Morgan fingerprint density at radius 2 is 2.00 bits per heavy atom. The second-order valence-electron chi connectivity index (χ2n) is 5.25. The summed E-state index contributed by atoms with van der Waals surface area (Å²) in [6.45, 7) is 5.00. The average molecular weight is 265 g/mol. The topological polar surface area (TPSA) is 90.9 Å². The van der Waals surface area contributed by atoms with E-state index in [2.05, 4.69) is 10.5 Å². The van der Waals surface area contributed by atoms with Gasteiger partial charge in [-0.2, -0.15) is 0 Å². The summed E-state index contributed by atoms with van der Waals surface area (Å²) in [5.41, 5.74) is 6.14. The Morgan fingerprint density at radius 1 is 1.37 bits per heavy atom. The highest BCUT2D eigenvalue weighted by molar-refractivity contribution is 5.85. The Morgan fingerprint density at radius 3 is 2.58 bits per heavy atom. The summed E-state index contributed by atoms with van der Waals surface area (Å²) in [7, 11) is 0. The number of hydrogen-bond donors (Lipinski definition) is 4. The lowest BCUT2D eigenvalue weighted by Gasteiger charge is -2.23. The molecule has 0 aliphatic heterocycles. The largest absolute Gasteiger partial charge is 0.409 e. The van der Waals surface area contributed by atoms with Gasteiger partial charge in [-0.05, 0) is 18.5 Å². The third kappa shape index (κ3) is 4.89. The molecule has 19 heavy (non-hydrogen) atoms. The molecule has 1 atom stereocenters. The minimum atomic E-state index is -0.520. The Kier molecular flexibility index (Phi) is 5.79. The number of aliphatic hydroxyl groups excluding tert-OH is 1. The molecule has 0 aliphatic carbocycles. The van der Waals surface area contributed by atoms with Crippen LogP contribution in [0.3, 0.4) is 0 Å². The number of hydrogen-bond acceptors (Lipinski definition) is 4. The molecule has 0 aromatic heterocycles. The molecule has 1 aromatic carbocycles. The van der Waals surface area contributed by atoms with Crippen LogP contribution in [-0.2, 0) is 0 Å². The molecular weight excluding hydrogens is 242 g/mol. The summed E-state index contributed by atoms with van der Waals surface area (Å²) < 4.78 is 0. The van der Waals surface area contributed by atoms with Crippen molar-refractivity contribution in [3.05, 3.63) is 35.9 Å². The van der Waals surface area contributed by atoms with Crippen molar-refractivity contribution >= 4 is 5.84 Å². The molecule has 0 saturated heterocycles. The highest BCUT2D eigenvalue weighted by Gasteiger charge is 2.22. The van der Waals surface area contributed by atoms with E-state index in [1.165, 1.54) is 0 Å². The van der Waals surface area contributed by atoms with Crippen LogP contribution in [0.2, 0.25) is 0 Å². The van der Waals surface area contributed by atoms with Gasteiger partial charge in [0, 0.05) is 12.0 Å². The standard InChI is InChI=1S/C14H23N3O2/c1-14(2,13(15)17-19)8-9-16-10-12(18)11-6-4-3-5-7-11/h3-7,12,16,18-19H,8-10H2,1-2H3,(H2,15,17). The molecule has 0 bridgehead atoms. The van der Waals surface area contributed by atoms with Crippen LogP contribution in [0.25, 0.3) is 0 Å². The van der Waals surface area contributed by atoms with Gasteiger partial charge in [0.25, 0.3) is 0 Å². The van der Waals surface area contributed by atoms with Crippen LogP contribution in [0.5, 0.6) is 0 Å². The maximum atomic E-state index is 9.95. The molecule has 5 N–H and O–H groups in total. The molecule has 5 nitrogen and oxygen atoms in total. The van der Waals surface area contributed by atoms with Gasteiger partial charge in [-0.3, -0.25) is 0 Å². The van der Waals surface area contributed by atoms with E-state index in [0.29, 0.717) is 13.1 Å².